The highest BCUT2D eigenvalue weighted by Gasteiger charge is 2.18. The van der Waals surface area contributed by atoms with Crippen LogP contribution in [0.3, 0.4) is 0 Å². The van der Waals surface area contributed by atoms with Crippen LogP contribution in [0, 0.1) is 0 Å². The zero-order chi connectivity index (χ0) is 19.1. The molecule has 2 amide bonds. The number of hydrogen-bond acceptors (Lipinski definition) is 3. The van der Waals surface area contributed by atoms with Crippen molar-refractivity contribution in [3.05, 3.63) is 95.8 Å². The van der Waals surface area contributed by atoms with Crippen LogP contribution in [0.4, 0.5) is 5.69 Å². The van der Waals surface area contributed by atoms with Gasteiger partial charge in [-0.05, 0) is 36.8 Å². The Kier molecular flexibility index (Phi) is 5.94. The molecule has 1 heterocycles. The van der Waals surface area contributed by atoms with E-state index < -0.39 is 0 Å². The van der Waals surface area contributed by atoms with Crippen molar-refractivity contribution in [2.75, 3.05) is 11.9 Å². The van der Waals surface area contributed by atoms with E-state index in [-0.39, 0.29) is 17.5 Å². The predicted molar refractivity (Wildman–Crippen MR) is 105 cm³/mol. The Balaban J connectivity index is 1.75. The number of para-hydroxylation sites is 1. The van der Waals surface area contributed by atoms with E-state index in [1.807, 2.05) is 67.6 Å². The highest BCUT2D eigenvalue weighted by Crippen LogP contribution is 2.12. The van der Waals surface area contributed by atoms with E-state index in [4.69, 9.17) is 0 Å². The van der Waals surface area contributed by atoms with Gasteiger partial charge >= 0.3 is 0 Å². The molecule has 5 nitrogen and oxygen atoms in total. The van der Waals surface area contributed by atoms with Crippen molar-refractivity contribution >= 4 is 17.5 Å². The van der Waals surface area contributed by atoms with Crippen LogP contribution < -0.4 is 5.32 Å². The molecule has 0 spiro atoms. The Morgan fingerprint density at radius 2 is 1.63 bits per heavy atom. The van der Waals surface area contributed by atoms with Crippen molar-refractivity contribution in [1.29, 1.82) is 0 Å². The second kappa shape index (κ2) is 8.76. The molecule has 0 aliphatic heterocycles. The van der Waals surface area contributed by atoms with Crippen molar-refractivity contribution in [3.8, 4) is 0 Å². The number of hydrogen-bond donors (Lipinski definition) is 1. The number of nitrogens with zero attached hydrogens (tertiary/aromatic N) is 2. The molecule has 0 fully saturated rings. The molecule has 0 radical (unpaired) electrons. The first-order valence-electron chi connectivity index (χ1n) is 8.83. The van der Waals surface area contributed by atoms with Crippen LogP contribution in [0.15, 0.2) is 79.0 Å². The molecule has 0 atom stereocenters. The van der Waals surface area contributed by atoms with Crippen molar-refractivity contribution < 1.29 is 9.59 Å². The fraction of sp³-hybridized carbons (Fsp3) is 0.136. The molecular weight excluding hydrogens is 338 g/mol. The quantitative estimate of drug-likeness (QED) is 0.724. The molecule has 2 aromatic carbocycles. The number of carbonyl (C=O) groups is 2. The first kappa shape index (κ1) is 18.3. The van der Waals surface area contributed by atoms with E-state index in [2.05, 4.69) is 10.3 Å². The molecule has 0 saturated heterocycles. The van der Waals surface area contributed by atoms with E-state index in [1.54, 1.807) is 11.0 Å². The van der Waals surface area contributed by atoms with Crippen LogP contribution in [0.1, 0.15) is 33.3 Å². The summed E-state index contributed by atoms with van der Waals surface area (Å²) in [6, 6.07) is 22.1. The van der Waals surface area contributed by atoms with Crippen molar-refractivity contribution in [3.63, 3.8) is 0 Å². The van der Waals surface area contributed by atoms with Gasteiger partial charge in [0.1, 0.15) is 5.69 Å². The third kappa shape index (κ3) is 4.79. The van der Waals surface area contributed by atoms with Gasteiger partial charge in [0, 0.05) is 30.5 Å². The molecule has 5 heteroatoms. The number of benzene rings is 2. The largest absolute Gasteiger partial charge is 0.333 e. The summed E-state index contributed by atoms with van der Waals surface area (Å²) in [7, 11) is 0. The summed E-state index contributed by atoms with van der Waals surface area (Å²) in [6.45, 7) is 2.97. The molecule has 27 heavy (non-hydrogen) atoms. The van der Waals surface area contributed by atoms with Gasteiger partial charge in [-0.1, -0.05) is 48.5 Å². The first-order valence-corrected chi connectivity index (χ1v) is 8.83. The van der Waals surface area contributed by atoms with Gasteiger partial charge in [0.2, 0.25) is 0 Å². The van der Waals surface area contributed by atoms with Crippen molar-refractivity contribution in [2.24, 2.45) is 0 Å². The molecule has 0 aliphatic rings. The summed E-state index contributed by atoms with van der Waals surface area (Å²) < 4.78 is 0. The van der Waals surface area contributed by atoms with E-state index in [1.165, 1.54) is 12.3 Å². The summed E-state index contributed by atoms with van der Waals surface area (Å²) in [5.41, 5.74) is 2.40. The van der Waals surface area contributed by atoms with E-state index in [0.29, 0.717) is 24.3 Å². The fourth-order valence-electron chi connectivity index (χ4n) is 2.71. The zero-order valence-corrected chi connectivity index (χ0v) is 15.1. The Morgan fingerprint density at radius 1 is 0.963 bits per heavy atom. The molecule has 0 aliphatic carbocycles. The minimum atomic E-state index is -0.274. The van der Waals surface area contributed by atoms with E-state index >= 15 is 0 Å². The molecule has 0 saturated carbocycles. The standard InChI is InChI=1S/C22H21N3O2/c1-2-25(16-17-9-5-3-6-10-17)22(27)20-15-18(13-14-23-20)21(26)24-19-11-7-4-8-12-19/h3-15H,2,16H2,1H3,(H,24,26). The predicted octanol–water partition coefficient (Wildman–Crippen LogP) is 4.00. The topological polar surface area (TPSA) is 62.3 Å². The SMILES string of the molecule is CCN(Cc1ccccc1)C(=O)c1cc(C(=O)Nc2ccccc2)ccn1. The Bertz CT molecular complexity index is 911. The Hall–Kier alpha value is -3.47. The molecule has 3 aromatic rings. The molecular formula is C22H21N3O2. The maximum atomic E-state index is 12.8. The summed E-state index contributed by atoms with van der Waals surface area (Å²) in [5, 5.41) is 2.82. The fourth-order valence-corrected chi connectivity index (χ4v) is 2.71. The highest BCUT2D eigenvalue weighted by molar-refractivity contribution is 6.05. The van der Waals surface area contributed by atoms with Gasteiger partial charge in [-0.15, -0.1) is 0 Å². The Morgan fingerprint density at radius 3 is 2.30 bits per heavy atom. The molecule has 0 unspecified atom stereocenters. The number of anilines is 1. The molecule has 3 rings (SSSR count). The maximum absolute atomic E-state index is 12.8. The lowest BCUT2D eigenvalue weighted by Crippen LogP contribution is -2.31. The number of rotatable bonds is 6. The lowest BCUT2D eigenvalue weighted by molar-refractivity contribution is 0.0746. The summed E-state index contributed by atoms with van der Waals surface area (Å²) in [4.78, 5) is 31.2. The van der Waals surface area contributed by atoms with Gasteiger partial charge in [-0.3, -0.25) is 14.6 Å². The van der Waals surface area contributed by atoms with Crippen LogP contribution in [0.2, 0.25) is 0 Å². The Labute approximate surface area is 158 Å². The molecule has 1 aromatic heterocycles. The molecule has 136 valence electrons. The lowest BCUT2D eigenvalue weighted by atomic mass is 10.1. The maximum Gasteiger partial charge on any atom is 0.272 e. The average Bonchev–Trinajstić information content (AvgIpc) is 2.73. The number of aromatic nitrogens is 1. The van der Waals surface area contributed by atoms with Gasteiger partial charge in [0.05, 0.1) is 0 Å². The van der Waals surface area contributed by atoms with Gasteiger partial charge in [0.25, 0.3) is 11.8 Å². The average molecular weight is 359 g/mol. The molecule has 0 bridgehead atoms. The van der Waals surface area contributed by atoms with Gasteiger partial charge in [-0.25, -0.2) is 0 Å². The first-order chi connectivity index (χ1) is 13.2. The third-order valence-electron chi connectivity index (χ3n) is 4.16. The summed E-state index contributed by atoms with van der Waals surface area (Å²) in [6.07, 6.45) is 1.49. The van der Waals surface area contributed by atoms with Crippen LogP contribution in [0.25, 0.3) is 0 Å². The van der Waals surface area contributed by atoms with E-state index in [0.717, 1.165) is 5.56 Å². The highest BCUT2D eigenvalue weighted by atomic mass is 16.2. The number of pyridine rings is 1. The molecule has 1 N–H and O–H groups in total. The van der Waals surface area contributed by atoms with Gasteiger partial charge in [-0.2, -0.15) is 0 Å². The van der Waals surface area contributed by atoms with E-state index in [9.17, 15) is 9.59 Å². The normalized spacial score (nSPS) is 10.3. The number of amides is 2. The summed E-state index contributed by atoms with van der Waals surface area (Å²) in [5.74, 6) is -0.473. The zero-order valence-electron chi connectivity index (χ0n) is 15.1. The van der Waals surface area contributed by atoms with Crippen LogP contribution >= 0.6 is 0 Å². The number of nitrogens with one attached hydrogen (secondary N) is 1. The minimum Gasteiger partial charge on any atom is -0.333 e. The number of carbonyl (C=O) groups excluding carboxylic acids is 2. The third-order valence-corrected chi connectivity index (χ3v) is 4.16. The second-order valence-electron chi connectivity index (χ2n) is 6.05. The monoisotopic (exact) mass is 359 g/mol. The second-order valence-corrected chi connectivity index (χ2v) is 6.05. The van der Waals surface area contributed by atoms with Crippen LogP contribution in [-0.4, -0.2) is 28.2 Å². The summed E-state index contributed by atoms with van der Waals surface area (Å²) >= 11 is 0. The van der Waals surface area contributed by atoms with Crippen LogP contribution in [-0.2, 0) is 6.54 Å². The van der Waals surface area contributed by atoms with Crippen LogP contribution in [0.5, 0.6) is 0 Å². The van der Waals surface area contributed by atoms with Gasteiger partial charge < -0.3 is 10.2 Å². The van der Waals surface area contributed by atoms with Gasteiger partial charge in [0.15, 0.2) is 0 Å². The smallest absolute Gasteiger partial charge is 0.272 e. The minimum absolute atomic E-state index is 0.198. The van der Waals surface area contributed by atoms with Crippen molar-refractivity contribution in [2.45, 2.75) is 13.5 Å². The lowest BCUT2D eigenvalue weighted by Gasteiger charge is -2.20. The van der Waals surface area contributed by atoms with Crippen molar-refractivity contribution in [1.82, 2.24) is 9.88 Å².